The molecule has 0 saturated carbocycles. The first kappa shape index (κ1) is 14.9. The molecule has 0 bridgehead atoms. The van der Waals surface area contributed by atoms with Gasteiger partial charge in [0.25, 0.3) is 0 Å². The van der Waals surface area contributed by atoms with Crippen LogP contribution in [0.2, 0.25) is 0 Å². The van der Waals surface area contributed by atoms with Gasteiger partial charge in [-0.05, 0) is 37.5 Å². The number of H-pyrrole nitrogens is 2. The molecule has 21 heavy (non-hydrogen) atoms. The van der Waals surface area contributed by atoms with Crippen LogP contribution < -0.4 is 20.5 Å². The van der Waals surface area contributed by atoms with Crippen molar-refractivity contribution in [2.24, 2.45) is 0 Å². The van der Waals surface area contributed by atoms with E-state index in [1.807, 2.05) is 25.1 Å². The van der Waals surface area contributed by atoms with Crippen molar-refractivity contribution in [1.29, 1.82) is 0 Å². The van der Waals surface area contributed by atoms with Crippen LogP contribution in [-0.2, 0) is 12.8 Å². The van der Waals surface area contributed by atoms with Gasteiger partial charge in [-0.1, -0.05) is 6.07 Å². The van der Waals surface area contributed by atoms with Gasteiger partial charge in [0.1, 0.15) is 0 Å². The molecule has 0 atom stereocenters. The van der Waals surface area contributed by atoms with Crippen LogP contribution in [0.4, 0.5) is 0 Å². The standard InChI is InChI=1S/C15H18N2O4/c1-3-21-13-7-5-10(8-14(13)20-2)4-6-11-9-12(18)15(19)17-16-11/h5,7-9H,3-4,6H2,1-2H3,(H,16,18)(H,17,19). The van der Waals surface area contributed by atoms with Crippen LogP contribution in [0.25, 0.3) is 0 Å². The van der Waals surface area contributed by atoms with Gasteiger partial charge in [-0.15, -0.1) is 0 Å². The van der Waals surface area contributed by atoms with Crippen molar-refractivity contribution < 1.29 is 9.47 Å². The molecule has 0 spiro atoms. The Bertz CT molecular complexity index is 718. The van der Waals surface area contributed by atoms with E-state index in [4.69, 9.17) is 9.47 Å². The normalized spacial score (nSPS) is 10.4. The summed E-state index contributed by atoms with van der Waals surface area (Å²) in [6.45, 7) is 2.49. The molecule has 1 aromatic carbocycles. The highest BCUT2D eigenvalue weighted by Crippen LogP contribution is 2.28. The lowest BCUT2D eigenvalue weighted by Crippen LogP contribution is -2.27. The van der Waals surface area contributed by atoms with Crippen molar-refractivity contribution >= 4 is 0 Å². The van der Waals surface area contributed by atoms with Gasteiger partial charge in [0, 0.05) is 11.8 Å². The van der Waals surface area contributed by atoms with Crippen molar-refractivity contribution in [3.8, 4) is 11.5 Å². The predicted octanol–water partition coefficient (Wildman–Crippen LogP) is 1.26. The van der Waals surface area contributed by atoms with Gasteiger partial charge in [0.2, 0.25) is 5.43 Å². The maximum absolute atomic E-state index is 11.3. The van der Waals surface area contributed by atoms with Crippen LogP contribution in [0.5, 0.6) is 11.5 Å². The summed E-state index contributed by atoms with van der Waals surface area (Å²) < 4.78 is 10.8. The average Bonchev–Trinajstić information content (AvgIpc) is 2.49. The predicted molar refractivity (Wildman–Crippen MR) is 79.3 cm³/mol. The van der Waals surface area contributed by atoms with E-state index in [9.17, 15) is 9.59 Å². The molecule has 2 aromatic rings. The Kier molecular flexibility index (Phi) is 4.81. The van der Waals surface area contributed by atoms with Crippen molar-refractivity contribution in [3.63, 3.8) is 0 Å². The zero-order valence-electron chi connectivity index (χ0n) is 12.1. The molecule has 2 N–H and O–H groups in total. The molecule has 1 heterocycles. The number of hydrogen-bond acceptors (Lipinski definition) is 4. The first-order valence-electron chi connectivity index (χ1n) is 6.74. The Morgan fingerprint density at radius 3 is 2.52 bits per heavy atom. The average molecular weight is 290 g/mol. The van der Waals surface area contributed by atoms with E-state index in [1.165, 1.54) is 6.07 Å². The first-order valence-corrected chi connectivity index (χ1v) is 6.74. The van der Waals surface area contributed by atoms with E-state index in [2.05, 4.69) is 10.2 Å². The van der Waals surface area contributed by atoms with Crippen LogP contribution in [-0.4, -0.2) is 23.9 Å². The number of methoxy groups -OCH3 is 1. The Morgan fingerprint density at radius 2 is 1.86 bits per heavy atom. The van der Waals surface area contributed by atoms with Gasteiger partial charge in [-0.3, -0.25) is 14.7 Å². The second-order valence-corrected chi connectivity index (χ2v) is 4.53. The zero-order chi connectivity index (χ0) is 15.2. The monoisotopic (exact) mass is 290 g/mol. The topological polar surface area (TPSA) is 84.2 Å². The highest BCUT2D eigenvalue weighted by Gasteiger charge is 2.06. The lowest BCUT2D eigenvalue weighted by molar-refractivity contribution is 0.310. The third kappa shape index (κ3) is 3.75. The second-order valence-electron chi connectivity index (χ2n) is 4.53. The molecule has 0 amide bonds. The fourth-order valence-electron chi connectivity index (χ4n) is 2.01. The maximum Gasteiger partial charge on any atom is 0.310 e. The van der Waals surface area contributed by atoms with E-state index in [1.54, 1.807) is 7.11 Å². The Labute approximate surface area is 121 Å². The van der Waals surface area contributed by atoms with Gasteiger partial charge >= 0.3 is 5.56 Å². The molecule has 6 heteroatoms. The summed E-state index contributed by atoms with van der Waals surface area (Å²) in [5, 5.41) is 5.03. The molecule has 6 nitrogen and oxygen atoms in total. The van der Waals surface area contributed by atoms with Crippen LogP contribution in [0.1, 0.15) is 18.2 Å². The lowest BCUT2D eigenvalue weighted by atomic mass is 10.1. The van der Waals surface area contributed by atoms with E-state index in [0.717, 1.165) is 5.56 Å². The maximum atomic E-state index is 11.3. The number of benzene rings is 1. The van der Waals surface area contributed by atoms with Gasteiger partial charge < -0.3 is 14.6 Å². The lowest BCUT2D eigenvalue weighted by Gasteiger charge is -2.11. The summed E-state index contributed by atoms with van der Waals surface area (Å²) in [7, 11) is 1.60. The number of aromatic amines is 2. The number of aromatic nitrogens is 2. The van der Waals surface area contributed by atoms with Crippen LogP contribution in [0, 0.1) is 0 Å². The van der Waals surface area contributed by atoms with Crippen LogP contribution in [0.15, 0.2) is 33.9 Å². The van der Waals surface area contributed by atoms with Gasteiger partial charge in [-0.25, -0.2) is 0 Å². The van der Waals surface area contributed by atoms with Crippen molar-refractivity contribution in [3.05, 3.63) is 56.1 Å². The number of aryl methyl sites for hydroxylation is 2. The minimum absolute atomic E-state index is 0.534. The fraction of sp³-hybridized carbons (Fsp3) is 0.333. The van der Waals surface area contributed by atoms with E-state index < -0.39 is 11.0 Å². The summed E-state index contributed by atoms with van der Waals surface area (Å²) in [4.78, 5) is 22.3. The Hall–Kier alpha value is -2.50. The highest BCUT2D eigenvalue weighted by molar-refractivity contribution is 5.43. The molecule has 0 aliphatic carbocycles. The third-order valence-electron chi connectivity index (χ3n) is 3.08. The minimum atomic E-state index is -0.638. The molecular formula is C15H18N2O4. The second kappa shape index (κ2) is 6.78. The molecule has 0 unspecified atom stereocenters. The summed E-state index contributed by atoms with van der Waals surface area (Å²) >= 11 is 0. The van der Waals surface area contributed by atoms with Crippen LogP contribution >= 0.6 is 0 Å². The summed E-state index contributed by atoms with van der Waals surface area (Å²) in [5.74, 6) is 1.39. The largest absolute Gasteiger partial charge is 0.493 e. The molecular weight excluding hydrogens is 272 g/mol. The zero-order valence-corrected chi connectivity index (χ0v) is 12.1. The number of rotatable bonds is 6. The number of nitrogens with one attached hydrogen (secondary N) is 2. The molecule has 0 radical (unpaired) electrons. The smallest absolute Gasteiger partial charge is 0.310 e. The molecule has 2 rings (SSSR count). The van der Waals surface area contributed by atoms with Gasteiger partial charge in [0.05, 0.1) is 13.7 Å². The van der Waals surface area contributed by atoms with Crippen molar-refractivity contribution in [2.45, 2.75) is 19.8 Å². The quantitative estimate of drug-likeness (QED) is 0.784. The SMILES string of the molecule is CCOc1ccc(CCc2cc(=O)c(=O)[nH][nH]2)cc1OC. The van der Waals surface area contributed by atoms with E-state index in [0.29, 0.717) is 36.6 Å². The molecule has 1 aromatic heterocycles. The van der Waals surface area contributed by atoms with E-state index >= 15 is 0 Å². The highest BCUT2D eigenvalue weighted by atomic mass is 16.5. The summed E-state index contributed by atoms with van der Waals surface area (Å²) in [6, 6.07) is 7.06. The summed E-state index contributed by atoms with van der Waals surface area (Å²) in [5.41, 5.74) is 0.573. The van der Waals surface area contributed by atoms with Gasteiger partial charge in [-0.2, -0.15) is 0 Å². The molecule has 0 aliphatic rings. The fourth-order valence-corrected chi connectivity index (χ4v) is 2.01. The summed E-state index contributed by atoms with van der Waals surface area (Å²) in [6.07, 6.45) is 1.33. The van der Waals surface area contributed by atoms with Crippen LogP contribution in [0.3, 0.4) is 0 Å². The number of hydrogen-bond donors (Lipinski definition) is 2. The Balaban J connectivity index is 2.10. The molecule has 0 fully saturated rings. The van der Waals surface area contributed by atoms with Crippen molar-refractivity contribution in [1.82, 2.24) is 10.2 Å². The van der Waals surface area contributed by atoms with E-state index in [-0.39, 0.29) is 0 Å². The molecule has 0 aliphatic heterocycles. The number of ether oxygens (including phenoxy) is 2. The first-order chi connectivity index (χ1) is 10.1. The Morgan fingerprint density at radius 1 is 1.05 bits per heavy atom. The molecule has 0 saturated heterocycles. The molecule has 112 valence electrons. The third-order valence-corrected chi connectivity index (χ3v) is 3.08. The van der Waals surface area contributed by atoms with Gasteiger partial charge in [0.15, 0.2) is 11.5 Å². The van der Waals surface area contributed by atoms with Crippen molar-refractivity contribution in [2.75, 3.05) is 13.7 Å². The minimum Gasteiger partial charge on any atom is -0.493 e.